The highest BCUT2D eigenvalue weighted by Gasteiger charge is 2.18. The van der Waals surface area contributed by atoms with Gasteiger partial charge in [0, 0.05) is 19.7 Å². The van der Waals surface area contributed by atoms with E-state index in [1.165, 1.54) is 23.4 Å². The topological polar surface area (TPSA) is 88.2 Å². The van der Waals surface area contributed by atoms with Crippen molar-refractivity contribution in [1.82, 2.24) is 19.1 Å². The Bertz CT molecular complexity index is 1150. The van der Waals surface area contributed by atoms with Gasteiger partial charge in [0.25, 0.3) is 5.56 Å². The molecule has 3 rings (SSSR count). The summed E-state index contributed by atoms with van der Waals surface area (Å²) in [7, 11) is 6.18. The van der Waals surface area contributed by atoms with E-state index in [1.807, 2.05) is 6.07 Å². The maximum atomic E-state index is 12.7. The van der Waals surface area contributed by atoms with Crippen LogP contribution in [0.2, 0.25) is 0 Å². The Labute approximate surface area is 166 Å². The van der Waals surface area contributed by atoms with Crippen LogP contribution in [0.5, 0.6) is 11.5 Å². The Morgan fingerprint density at radius 1 is 1.04 bits per heavy atom. The number of fused-ring (bicyclic) bond motifs is 1. The fourth-order valence-electron chi connectivity index (χ4n) is 2.84. The van der Waals surface area contributed by atoms with Gasteiger partial charge in [-0.15, -0.1) is 11.8 Å². The molecule has 0 aliphatic rings. The first-order valence-corrected chi connectivity index (χ1v) is 9.74. The van der Waals surface area contributed by atoms with E-state index in [1.54, 1.807) is 33.4 Å². The molecule has 0 unspecified atom stereocenters. The zero-order valence-electron chi connectivity index (χ0n) is 16.5. The van der Waals surface area contributed by atoms with Crippen LogP contribution in [0, 0.1) is 0 Å². The van der Waals surface area contributed by atoms with Gasteiger partial charge in [0.1, 0.15) is 10.4 Å². The van der Waals surface area contributed by atoms with Crippen molar-refractivity contribution in [3.8, 4) is 22.9 Å². The first-order valence-electron chi connectivity index (χ1n) is 8.75. The molecular weight excluding hydrogens is 380 g/mol. The highest BCUT2D eigenvalue weighted by molar-refractivity contribution is 7.99. The summed E-state index contributed by atoms with van der Waals surface area (Å²) >= 11 is 1.48. The number of hydrogen-bond acceptors (Lipinski definition) is 7. The number of aryl methyl sites for hydroxylation is 1. The predicted molar refractivity (Wildman–Crippen MR) is 110 cm³/mol. The summed E-state index contributed by atoms with van der Waals surface area (Å²) in [6, 6.07) is 5.35. The zero-order valence-corrected chi connectivity index (χ0v) is 17.3. The van der Waals surface area contributed by atoms with Gasteiger partial charge >= 0.3 is 5.69 Å². The van der Waals surface area contributed by atoms with Gasteiger partial charge in [-0.2, -0.15) is 0 Å². The molecule has 0 aliphatic heterocycles. The molecule has 0 radical (unpaired) electrons. The Morgan fingerprint density at radius 2 is 1.75 bits per heavy atom. The van der Waals surface area contributed by atoms with Crippen LogP contribution in [0.3, 0.4) is 0 Å². The molecule has 3 aromatic rings. The van der Waals surface area contributed by atoms with E-state index in [0.717, 1.165) is 16.7 Å². The molecule has 0 spiro atoms. The van der Waals surface area contributed by atoms with Gasteiger partial charge in [0.15, 0.2) is 23.0 Å². The molecule has 8 nitrogen and oxygen atoms in total. The van der Waals surface area contributed by atoms with Crippen LogP contribution in [0.25, 0.3) is 22.4 Å². The molecular formula is C19H22N4O4S. The Balaban J connectivity index is 2.33. The number of rotatable bonds is 6. The van der Waals surface area contributed by atoms with Gasteiger partial charge in [0.05, 0.1) is 14.2 Å². The minimum Gasteiger partial charge on any atom is -0.493 e. The molecule has 0 aliphatic carbocycles. The third-order valence-electron chi connectivity index (χ3n) is 4.35. The summed E-state index contributed by atoms with van der Waals surface area (Å²) in [6.07, 6.45) is 0.925. The summed E-state index contributed by atoms with van der Waals surface area (Å²) in [5.41, 5.74) is 0.189. The van der Waals surface area contributed by atoms with E-state index < -0.39 is 11.2 Å². The molecule has 0 bridgehead atoms. The molecule has 0 saturated heterocycles. The van der Waals surface area contributed by atoms with Crippen LogP contribution in [-0.4, -0.2) is 39.1 Å². The fraction of sp³-hybridized carbons (Fsp3) is 0.368. The van der Waals surface area contributed by atoms with Crippen LogP contribution in [0.15, 0.2) is 32.8 Å². The molecule has 28 heavy (non-hydrogen) atoms. The van der Waals surface area contributed by atoms with Crippen LogP contribution in [0.4, 0.5) is 0 Å². The normalized spacial score (nSPS) is 11.0. The molecule has 148 valence electrons. The van der Waals surface area contributed by atoms with Crippen LogP contribution >= 0.6 is 11.8 Å². The summed E-state index contributed by atoms with van der Waals surface area (Å²) in [4.78, 5) is 34.3. The summed E-state index contributed by atoms with van der Waals surface area (Å²) in [6.45, 7) is 2.06. The van der Waals surface area contributed by atoms with E-state index >= 15 is 0 Å². The Kier molecular flexibility index (Phi) is 5.73. The Morgan fingerprint density at radius 3 is 2.39 bits per heavy atom. The second-order valence-corrected chi connectivity index (χ2v) is 7.26. The van der Waals surface area contributed by atoms with Crippen LogP contribution in [-0.2, 0) is 14.1 Å². The first-order chi connectivity index (χ1) is 13.4. The quantitative estimate of drug-likeness (QED) is 0.461. The number of nitrogens with zero attached hydrogens (tertiary/aromatic N) is 4. The predicted octanol–water partition coefficient (Wildman–Crippen LogP) is 2.21. The highest BCUT2D eigenvalue weighted by atomic mass is 32.2. The van der Waals surface area contributed by atoms with Crippen molar-refractivity contribution >= 4 is 22.8 Å². The fourth-order valence-corrected chi connectivity index (χ4v) is 3.71. The first kappa shape index (κ1) is 19.9. The second-order valence-electron chi connectivity index (χ2n) is 6.17. The lowest BCUT2D eigenvalue weighted by molar-refractivity contribution is 0.355. The van der Waals surface area contributed by atoms with Gasteiger partial charge in [-0.3, -0.25) is 13.9 Å². The summed E-state index contributed by atoms with van der Waals surface area (Å²) in [5.74, 6) is 2.34. The molecule has 0 amide bonds. The lowest BCUT2D eigenvalue weighted by Gasteiger charge is -2.13. The number of hydrogen-bond donors (Lipinski definition) is 0. The maximum Gasteiger partial charge on any atom is 0.332 e. The monoisotopic (exact) mass is 402 g/mol. The van der Waals surface area contributed by atoms with E-state index in [-0.39, 0.29) is 0 Å². The summed E-state index contributed by atoms with van der Waals surface area (Å²) < 4.78 is 13.1. The second kappa shape index (κ2) is 8.05. The minimum absolute atomic E-state index is 0.312. The number of methoxy groups -OCH3 is 2. The smallest absolute Gasteiger partial charge is 0.332 e. The molecule has 0 atom stereocenters. The van der Waals surface area contributed by atoms with Crippen LogP contribution in [0.1, 0.15) is 13.3 Å². The minimum atomic E-state index is -0.430. The van der Waals surface area contributed by atoms with E-state index in [2.05, 4.69) is 16.9 Å². The highest BCUT2D eigenvalue weighted by Crippen LogP contribution is 2.32. The summed E-state index contributed by atoms with van der Waals surface area (Å²) in [5, 5.41) is 0.917. The van der Waals surface area contributed by atoms with Gasteiger partial charge in [0.2, 0.25) is 0 Å². The molecule has 1 aromatic carbocycles. The van der Waals surface area contributed by atoms with Crippen molar-refractivity contribution in [1.29, 1.82) is 0 Å². The third-order valence-corrected chi connectivity index (χ3v) is 5.53. The SMILES string of the molecule is CCCSc1nc(-c2ccc(OC)c(OC)c2)nc2c1c(=O)n(C)c(=O)n2C. The van der Waals surface area contributed by atoms with E-state index in [4.69, 9.17) is 9.47 Å². The molecule has 2 aromatic heterocycles. The van der Waals surface area contributed by atoms with E-state index in [0.29, 0.717) is 38.9 Å². The van der Waals surface area contributed by atoms with Gasteiger partial charge in [-0.05, 0) is 30.4 Å². The lowest BCUT2D eigenvalue weighted by atomic mass is 10.2. The molecule has 0 fully saturated rings. The third kappa shape index (κ3) is 3.37. The van der Waals surface area contributed by atoms with Crippen molar-refractivity contribution in [2.45, 2.75) is 18.4 Å². The van der Waals surface area contributed by atoms with Gasteiger partial charge in [-0.1, -0.05) is 6.92 Å². The van der Waals surface area contributed by atoms with Crippen molar-refractivity contribution < 1.29 is 9.47 Å². The molecule has 0 N–H and O–H groups in total. The standard InChI is InChI=1S/C19H22N4O4S/c1-6-9-28-17-14-16(22(2)19(25)23(3)18(14)24)20-15(21-17)11-7-8-12(26-4)13(10-11)27-5/h7-8,10H,6,9H2,1-5H3. The average molecular weight is 402 g/mol. The largest absolute Gasteiger partial charge is 0.493 e. The average Bonchev–Trinajstić information content (AvgIpc) is 2.73. The number of aromatic nitrogens is 4. The van der Waals surface area contributed by atoms with Gasteiger partial charge < -0.3 is 9.47 Å². The Hall–Kier alpha value is -2.81. The molecule has 0 saturated carbocycles. The maximum absolute atomic E-state index is 12.7. The van der Waals surface area contributed by atoms with Crippen molar-refractivity contribution in [3.05, 3.63) is 39.0 Å². The lowest BCUT2D eigenvalue weighted by Crippen LogP contribution is -2.37. The van der Waals surface area contributed by atoms with Gasteiger partial charge in [-0.25, -0.2) is 14.8 Å². The van der Waals surface area contributed by atoms with Crippen molar-refractivity contribution in [2.75, 3.05) is 20.0 Å². The molecule has 2 heterocycles. The molecule has 9 heteroatoms. The van der Waals surface area contributed by atoms with Crippen LogP contribution < -0.4 is 20.7 Å². The van der Waals surface area contributed by atoms with Crippen molar-refractivity contribution in [2.24, 2.45) is 14.1 Å². The number of thioether (sulfide) groups is 1. The number of ether oxygens (including phenoxy) is 2. The van der Waals surface area contributed by atoms with Crippen molar-refractivity contribution in [3.63, 3.8) is 0 Å². The zero-order chi connectivity index (χ0) is 20.4. The van der Waals surface area contributed by atoms with E-state index in [9.17, 15) is 9.59 Å². The number of benzene rings is 1.